The van der Waals surface area contributed by atoms with Crippen LogP contribution in [0.2, 0.25) is 0 Å². The van der Waals surface area contributed by atoms with E-state index in [0.29, 0.717) is 19.0 Å². The van der Waals surface area contributed by atoms with E-state index in [1.807, 2.05) is 27.7 Å². The normalized spacial score (nSPS) is 26.0. The molecule has 1 heterocycles. The van der Waals surface area contributed by atoms with Gasteiger partial charge in [0.15, 0.2) is 0 Å². The molecule has 6 nitrogen and oxygen atoms in total. The molecule has 2 unspecified atom stereocenters. The van der Waals surface area contributed by atoms with Gasteiger partial charge >= 0.3 is 12.2 Å². The van der Waals surface area contributed by atoms with E-state index in [-0.39, 0.29) is 16.6 Å². The van der Waals surface area contributed by atoms with Crippen LogP contribution in [0.4, 0.5) is 9.59 Å². The fraction of sp³-hybridized carbons (Fsp3) is 0.889. The number of carbonyl (C=O) groups is 2. The number of amides is 2. The molecular weight excluding hydrogens is 308 g/mol. The van der Waals surface area contributed by atoms with Crippen LogP contribution in [0.1, 0.15) is 67.2 Å². The summed E-state index contributed by atoms with van der Waals surface area (Å²) in [4.78, 5) is 24.2. The number of carbonyl (C=O) groups excluding carboxylic acids is 1. The number of piperidine rings is 1. The third-order valence-corrected chi connectivity index (χ3v) is 4.68. The zero-order chi connectivity index (χ0) is 18.5. The number of nitrogens with one attached hydrogen (secondary N) is 1. The van der Waals surface area contributed by atoms with Crippen molar-refractivity contribution in [2.45, 2.75) is 84.9 Å². The highest BCUT2D eigenvalue weighted by atomic mass is 16.6. The number of rotatable bonds is 5. The van der Waals surface area contributed by atoms with Crippen molar-refractivity contribution < 1.29 is 23.9 Å². The van der Waals surface area contributed by atoms with Gasteiger partial charge in [-0.15, -0.1) is 0 Å². The summed E-state index contributed by atoms with van der Waals surface area (Å²) in [7, 11) is 0. The van der Waals surface area contributed by atoms with Gasteiger partial charge < -0.3 is 15.2 Å². The van der Waals surface area contributed by atoms with E-state index in [2.05, 4.69) is 19.2 Å². The van der Waals surface area contributed by atoms with Gasteiger partial charge in [0.25, 0.3) is 0 Å². The summed E-state index contributed by atoms with van der Waals surface area (Å²) >= 11 is 0. The Morgan fingerprint density at radius 1 is 1.29 bits per heavy atom. The summed E-state index contributed by atoms with van der Waals surface area (Å²) in [5, 5.41) is 12.8. The molecule has 3 atom stereocenters. The number of ether oxygens (including phenoxy) is 1. The SMILES string of the molecule is CC(C)CC(C[N+]1(C(=O)O)CCCC[C@H]1C)NC(=O)OC(C)(C)C. The molecule has 0 aliphatic carbocycles. The van der Waals surface area contributed by atoms with Crippen LogP contribution in [-0.4, -0.2) is 52.6 Å². The second-order valence-corrected chi connectivity index (χ2v) is 8.54. The van der Waals surface area contributed by atoms with E-state index in [1.165, 1.54) is 0 Å². The largest absolute Gasteiger partial charge is 0.513 e. The molecule has 0 radical (unpaired) electrons. The third kappa shape index (κ3) is 5.96. The average Bonchev–Trinajstić information content (AvgIpc) is 2.37. The molecule has 0 spiro atoms. The van der Waals surface area contributed by atoms with Gasteiger partial charge in [0, 0.05) is 0 Å². The molecule has 2 amide bonds. The number of hydrogen-bond donors (Lipinski definition) is 2. The lowest BCUT2D eigenvalue weighted by Gasteiger charge is -2.43. The highest BCUT2D eigenvalue weighted by Crippen LogP contribution is 2.28. The van der Waals surface area contributed by atoms with Gasteiger partial charge in [-0.1, -0.05) is 13.8 Å². The molecule has 0 aromatic rings. The fourth-order valence-electron chi connectivity index (χ4n) is 3.55. The Bertz CT molecular complexity index is 445. The van der Waals surface area contributed by atoms with Crippen LogP contribution in [0.15, 0.2) is 0 Å². The number of alkyl carbamates (subject to hydrolysis) is 1. The first-order valence-electron chi connectivity index (χ1n) is 9.06. The lowest BCUT2D eigenvalue weighted by molar-refractivity contribution is -0.887. The lowest BCUT2D eigenvalue weighted by Crippen LogP contribution is -2.64. The van der Waals surface area contributed by atoms with Gasteiger partial charge in [0.1, 0.15) is 12.1 Å². The molecule has 0 saturated carbocycles. The van der Waals surface area contributed by atoms with Gasteiger partial charge in [0.2, 0.25) is 0 Å². The molecule has 6 heteroatoms. The third-order valence-electron chi connectivity index (χ3n) is 4.68. The molecule has 24 heavy (non-hydrogen) atoms. The second-order valence-electron chi connectivity index (χ2n) is 8.54. The summed E-state index contributed by atoms with van der Waals surface area (Å²) in [5.74, 6) is 0.360. The smallest absolute Gasteiger partial charge is 0.444 e. The summed E-state index contributed by atoms with van der Waals surface area (Å²) in [5.41, 5.74) is -0.566. The van der Waals surface area contributed by atoms with E-state index in [9.17, 15) is 14.7 Å². The molecule has 1 saturated heterocycles. The molecule has 0 aromatic carbocycles. The highest BCUT2D eigenvalue weighted by molar-refractivity contribution is 5.68. The van der Waals surface area contributed by atoms with E-state index in [0.717, 1.165) is 25.7 Å². The molecule has 2 N–H and O–H groups in total. The average molecular weight is 343 g/mol. The van der Waals surface area contributed by atoms with E-state index in [4.69, 9.17) is 4.74 Å². The molecular formula is C18H35N2O4+. The van der Waals surface area contributed by atoms with Crippen molar-refractivity contribution in [1.82, 2.24) is 5.32 Å². The monoisotopic (exact) mass is 343 g/mol. The minimum atomic E-state index is -0.790. The Labute approximate surface area is 146 Å². The van der Waals surface area contributed by atoms with Gasteiger partial charge in [0.05, 0.1) is 18.6 Å². The number of carboxylic acid groups (broad SMARTS) is 1. The van der Waals surface area contributed by atoms with Crippen molar-refractivity contribution in [3.05, 3.63) is 0 Å². The summed E-state index contributed by atoms with van der Waals surface area (Å²) in [6, 6.07) is -0.150. The van der Waals surface area contributed by atoms with E-state index < -0.39 is 17.8 Å². The molecule has 1 rings (SSSR count). The van der Waals surface area contributed by atoms with E-state index in [1.54, 1.807) is 0 Å². The summed E-state index contributed by atoms with van der Waals surface area (Å²) in [6.45, 7) is 12.7. The standard InChI is InChI=1S/C18H34N2O4/c1-13(2)11-15(19-16(21)24-18(4,5)6)12-20(17(22)23)10-8-7-9-14(20)3/h13-15H,7-12H2,1-6H3,(H-,19,21,22,23)/p+1/t14-,15?,20?/m1/s1. The first-order chi connectivity index (χ1) is 11.0. The predicted octanol–water partition coefficient (Wildman–Crippen LogP) is 3.99. The number of likely N-dealkylation sites (tertiary alicyclic amines) is 1. The quantitative estimate of drug-likeness (QED) is 0.740. The van der Waals surface area contributed by atoms with Gasteiger partial charge in [-0.05, 0) is 59.3 Å². The molecule has 0 aromatic heterocycles. The Kier molecular flexibility index (Phi) is 7.08. The topological polar surface area (TPSA) is 75.6 Å². The Hall–Kier alpha value is -1.30. The van der Waals surface area contributed by atoms with Crippen molar-refractivity contribution >= 4 is 12.2 Å². The Morgan fingerprint density at radius 2 is 1.92 bits per heavy atom. The molecule has 0 bridgehead atoms. The van der Waals surface area contributed by atoms with Crippen LogP contribution in [0.25, 0.3) is 0 Å². The van der Waals surface area contributed by atoms with Gasteiger partial charge in [-0.25, -0.2) is 9.28 Å². The summed E-state index contributed by atoms with van der Waals surface area (Å²) < 4.78 is 5.39. The van der Waals surface area contributed by atoms with Crippen molar-refractivity contribution in [2.75, 3.05) is 13.1 Å². The number of hydrogen-bond acceptors (Lipinski definition) is 3. The second kappa shape index (κ2) is 8.19. The Balaban J connectivity index is 2.90. The first-order valence-corrected chi connectivity index (χ1v) is 9.06. The zero-order valence-corrected chi connectivity index (χ0v) is 16.1. The van der Waals surface area contributed by atoms with E-state index >= 15 is 0 Å². The van der Waals surface area contributed by atoms with Crippen LogP contribution < -0.4 is 5.32 Å². The van der Waals surface area contributed by atoms with Crippen LogP contribution >= 0.6 is 0 Å². The van der Waals surface area contributed by atoms with Crippen molar-refractivity contribution in [2.24, 2.45) is 5.92 Å². The minimum Gasteiger partial charge on any atom is -0.444 e. The Morgan fingerprint density at radius 3 is 2.38 bits per heavy atom. The predicted molar refractivity (Wildman–Crippen MR) is 93.9 cm³/mol. The maximum absolute atomic E-state index is 12.2. The van der Waals surface area contributed by atoms with Crippen LogP contribution in [0.5, 0.6) is 0 Å². The maximum atomic E-state index is 12.2. The highest BCUT2D eigenvalue weighted by Gasteiger charge is 2.46. The number of quaternary nitrogens is 1. The molecule has 140 valence electrons. The maximum Gasteiger partial charge on any atom is 0.513 e. The lowest BCUT2D eigenvalue weighted by atomic mass is 9.96. The van der Waals surface area contributed by atoms with Crippen molar-refractivity contribution in [1.29, 1.82) is 0 Å². The fourth-order valence-corrected chi connectivity index (χ4v) is 3.55. The molecule has 1 aliphatic rings. The number of nitrogens with zero attached hydrogens (tertiary/aromatic N) is 1. The van der Waals surface area contributed by atoms with Crippen molar-refractivity contribution in [3.63, 3.8) is 0 Å². The van der Waals surface area contributed by atoms with Gasteiger partial charge in [-0.2, -0.15) is 4.79 Å². The molecule has 1 aliphatic heterocycles. The first kappa shape index (κ1) is 20.7. The van der Waals surface area contributed by atoms with Gasteiger partial charge in [-0.3, -0.25) is 0 Å². The van der Waals surface area contributed by atoms with Crippen LogP contribution in [0.3, 0.4) is 0 Å². The van der Waals surface area contributed by atoms with Crippen molar-refractivity contribution in [3.8, 4) is 0 Å². The van der Waals surface area contributed by atoms with Crippen LogP contribution in [0, 0.1) is 5.92 Å². The van der Waals surface area contributed by atoms with Crippen LogP contribution in [-0.2, 0) is 4.74 Å². The minimum absolute atomic E-state index is 0.0349. The molecule has 1 fully saturated rings. The zero-order valence-electron chi connectivity index (χ0n) is 16.1. The summed E-state index contributed by atoms with van der Waals surface area (Å²) in [6.07, 6.45) is 2.37.